The van der Waals surface area contributed by atoms with Crippen LogP contribution in [0.25, 0.3) is 10.1 Å². The number of halogens is 1. The Kier molecular flexibility index (Phi) is 3.40. The number of thiophene rings is 1. The molecule has 3 nitrogen and oxygen atoms in total. The van der Waals surface area contributed by atoms with Gasteiger partial charge in [-0.3, -0.25) is 4.79 Å². The average molecular weight is 253 g/mol. The van der Waals surface area contributed by atoms with Gasteiger partial charge in [-0.1, -0.05) is 6.07 Å². The summed E-state index contributed by atoms with van der Waals surface area (Å²) in [6.45, 7) is 1.58. The van der Waals surface area contributed by atoms with Crippen LogP contribution in [0.3, 0.4) is 0 Å². The van der Waals surface area contributed by atoms with Crippen LogP contribution in [0.15, 0.2) is 24.3 Å². The van der Waals surface area contributed by atoms with Crippen molar-refractivity contribution in [1.82, 2.24) is 5.32 Å². The van der Waals surface area contributed by atoms with Gasteiger partial charge in [-0.15, -0.1) is 11.3 Å². The van der Waals surface area contributed by atoms with Crippen LogP contribution in [0.5, 0.6) is 0 Å². The second-order valence-electron chi connectivity index (χ2n) is 3.82. The van der Waals surface area contributed by atoms with Gasteiger partial charge >= 0.3 is 0 Å². The summed E-state index contributed by atoms with van der Waals surface area (Å²) < 4.78 is 14.2. The van der Waals surface area contributed by atoms with Gasteiger partial charge in [0.2, 0.25) is 0 Å². The highest BCUT2D eigenvalue weighted by Gasteiger charge is 2.13. The smallest absolute Gasteiger partial charge is 0.261 e. The molecule has 0 unspecified atom stereocenters. The number of hydrogen-bond donors (Lipinski definition) is 2. The summed E-state index contributed by atoms with van der Waals surface area (Å²) in [5.74, 6) is -0.611. The highest BCUT2D eigenvalue weighted by atomic mass is 32.1. The van der Waals surface area contributed by atoms with Crippen molar-refractivity contribution in [3.05, 3.63) is 35.0 Å². The maximum Gasteiger partial charge on any atom is 0.261 e. The van der Waals surface area contributed by atoms with E-state index in [2.05, 4.69) is 5.32 Å². The first kappa shape index (κ1) is 12.0. The third-order valence-corrected chi connectivity index (χ3v) is 3.48. The molecule has 0 aliphatic carbocycles. The van der Waals surface area contributed by atoms with Crippen molar-refractivity contribution in [3.8, 4) is 0 Å². The predicted octanol–water partition coefficient (Wildman–Crippen LogP) is 2.15. The van der Waals surface area contributed by atoms with E-state index in [-0.39, 0.29) is 24.4 Å². The highest BCUT2D eigenvalue weighted by molar-refractivity contribution is 7.20. The van der Waals surface area contributed by atoms with Gasteiger partial charge in [0, 0.05) is 16.1 Å². The summed E-state index contributed by atoms with van der Waals surface area (Å²) in [7, 11) is 0. The Labute approximate surface area is 102 Å². The number of fused-ring (bicyclic) bond motifs is 1. The highest BCUT2D eigenvalue weighted by Crippen LogP contribution is 2.27. The fourth-order valence-corrected chi connectivity index (χ4v) is 2.46. The van der Waals surface area contributed by atoms with Crippen molar-refractivity contribution in [2.75, 3.05) is 6.61 Å². The first-order chi connectivity index (χ1) is 8.11. The quantitative estimate of drug-likeness (QED) is 0.880. The molecule has 0 aliphatic rings. The van der Waals surface area contributed by atoms with Crippen LogP contribution in [0, 0.1) is 5.82 Å². The van der Waals surface area contributed by atoms with E-state index in [0.717, 1.165) is 4.70 Å². The molecule has 0 saturated heterocycles. The Morgan fingerprint density at radius 2 is 2.35 bits per heavy atom. The van der Waals surface area contributed by atoms with Crippen molar-refractivity contribution < 1.29 is 14.3 Å². The number of hydrogen-bond acceptors (Lipinski definition) is 3. The number of nitrogens with one attached hydrogen (secondary N) is 1. The third-order valence-electron chi connectivity index (χ3n) is 2.38. The molecule has 0 saturated carbocycles. The van der Waals surface area contributed by atoms with E-state index in [1.54, 1.807) is 19.1 Å². The lowest BCUT2D eigenvalue weighted by Crippen LogP contribution is -2.34. The normalized spacial score (nSPS) is 12.6. The van der Waals surface area contributed by atoms with Crippen LogP contribution in [-0.2, 0) is 0 Å². The molecule has 2 aromatic rings. The lowest BCUT2D eigenvalue weighted by atomic mass is 10.2. The van der Waals surface area contributed by atoms with E-state index in [1.807, 2.05) is 0 Å². The van der Waals surface area contributed by atoms with Gasteiger partial charge in [0.1, 0.15) is 5.82 Å². The van der Waals surface area contributed by atoms with E-state index in [1.165, 1.54) is 23.5 Å². The lowest BCUT2D eigenvalue weighted by molar-refractivity contribution is 0.0926. The Hall–Kier alpha value is -1.46. The summed E-state index contributed by atoms with van der Waals surface area (Å²) in [6, 6.07) is 5.99. The van der Waals surface area contributed by atoms with Gasteiger partial charge in [-0.25, -0.2) is 4.39 Å². The minimum absolute atomic E-state index is 0.120. The first-order valence-corrected chi connectivity index (χ1v) is 6.03. The number of amides is 1. The molecular formula is C12H12FNO2S. The van der Waals surface area contributed by atoms with Crippen LogP contribution in [0.1, 0.15) is 16.6 Å². The molecule has 1 aromatic heterocycles. The zero-order valence-corrected chi connectivity index (χ0v) is 10.1. The number of aliphatic hydroxyl groups excluding tert-OH is 1. The van der Waals surface area contributed by atoms with Crippen LogP contribution in [-0.4, -0.2) is 23.7 Å². The van der Waals surface area contributed by atoms with Gasteiger partial charge in [0.05, 0.1) is 11.5 Å². The molecule has 1 atom stereocenters. The second kappa shape index (κ2) is 4.81. The lowest BCUT2D eigenvalue weighted by Gasteiger charge is -2.08. The standard InChI is InChI=1S/C12H12FNO2S/c1-7(6-15)14-12(16)11-5-8-9(13)3-2-4-10(8)17-11/h2-5,7,15H,6H2,1H3,(H,14,16)/t7-/m1/s1. The molecule has 0 radical (unpaired) electrons. The molecule has 1 heterocycles. The second-order valence-corrected chi connectivity index (χ2v) is 4.90. The summed E-state index contributed by atoms with van der Waals surface area (Å²) in [4.78, 5) is 12.2. The van der Waals surface area contributed by atoms with Crippen molar-refractivity contribution in [2.24, 2.45) is 0 Å². The van der Waals surface area contributed by atoms with Crippen LogP contribution >= 0.6 is 11.3 Å². The molecular weight excluding hydrogens is 241 g/mol. The van der Waals surface area contributed by atoms with E-state index in [4.69, 9.17) is 5.11 Å². The number of carbonyl (C=O) groups excluding carboxylic acids is 1. The minimum Gasteiger partial charge on any atom is -0.394 e. The molecule has 0 fully saturated rings. The molecule has 1 aromatic carbocycles. The molecule has 0 aliphatic heterocycles. The van der Waals surface area contributed by atoms with E-state index >= 15 is 0 Å². The molecule has 17 heavy (non-hydrogen) atoms. The van der Waals surface area contributed by atoms with E-state index < -0.39 is 0 Å². The van der Waals surface area contributed by atoms with Gasteiger partial charge < -0.3 is 10.4 Å². The topological polar surface area (TPSA) is 49.3 Å². The van der Waals surface area contributed by atoms with Gasteiger partial charge in [-0.05, 0) is 25.1 Å². The number of carbonyl (C=O) groups is 1. The van der Waals surface area contributed by atoms with Crippen LogP contribution in [0.2, 0.25) is 0 Å². The number of rotatable bonds is 3. The summed E-state index contributed by atoms with van der Waals surface area (Å²) in [6.07, 6.45) is 0. The predicted molar refractivity (Wildman–Crippen MR) is 65.8 cm³/mol. The number of aliphatic hydroxyl groups is 1. The summed E-state index contributed by atoms with van der Waals surface area (Å²) in [5.41, 5.74) is 0. The van der Waals surface area contributed by atoms with Gasteiger partial charge in [0.25, 0.3) is 5.91 Å². The van der Waals surface area contributed by atoms with Crippen LogP contribution in [0.4, 0.5) is 4.39 Å². The Morgan fingerprint density at radius 3 is 3.00 bits per heavy atom. The zero-order valence-electron chi connectivity index (χ0n) is 9.24. The molecule has 1 amide bonds. The maximum absolute atomic E-state index is 13.4. The molecule has 2 N–H and O–H groups in total. The largest absolute Gasteiger partial charge is 0.394 e. The molecule has 5 heteroatoms. The molecule has 90 valence electrons. The van der Waals surface area contributed by atoms with E-state index in [9.17, 15) is 9.18 Å². The maximum atomic E-state index is 13.4. The Bertz CT molecular complexity index is 552. The fraction of sp³-hybridized carbons (Fsp3) is 0.250. The van der Waals surface area contributed by atoms with Crippen molar-refractivity contribution >= 4 is 27.3 Å². The summed E-state index contributed by atoms with van der Waals surface area (Å²) >= 11 is 1.24. The first-order valence-electron chi connectivity index (χ1n) is 5.21. The van der Waals surface area contributed by atoms with Crippen LogP contribution < -0.4 is 5.32 Å². The Morgan fingerprint density at radius 1 is 1.59 bits per heavy atom. The number of benzene rings is 1. The molecule has 0 bridgehead atoms. The third kappa shape index (κ3) is 2.45. The summed E-state index contributed by atoms with van der Waals surface area (Å²) in [5, 5.41) is 11.9. The molecule has 0 spiro atoms. The molecule has 2 rings (SSSR count). The van der Waals surface area contributed by atoms with Gasteiger partial charge in [-0.2, -0.15) is 0 Å². The average Bonchev–Trinajstić information content (AvgIpc) is 2.74. The van der Waals surface area contributed by atoms with E-state index in [0.29, 0.717) is 10.3 Å². The van der Waals surface area contributed by atoms with Gasteiger partial charge in [0.15, 0.2) is 0 Å². The zero-order chi connectivity index (χ0) is 12.4. The monoisotopic (exact) mass is 253 g/mol. The van der Waals surface area contributed by atoms with Crippen molar-refractivity contribution in [3.63, 3.8) is 0 Å². The van der Waals surface area contributed by atoms with Crippen molar-refractivity contribution in [2.45, 2.75) is 13.0 Å². The SMILES string of the molecule is C[C@H](CO)NC(=O)c1cc2c(F)cccc2s1. The Balaban J connectivity index is 2.30. The fourth-order valence-electron chi connectivity index (χ4n) is 1.48. The van der Waals surface area contributed by atoms with Crippen molar-refractivity contribution in [1.29, 1.82) is 0 Å². The minimum atomic E-state index is -0.326.